The van der Waals surface area contributed by atoms with Crippen molar-refractivity contribution >= 4 is 33.2 Å². The molecule has 0 bridgehead atoms. The first-order chi connectivity index (χ1) is 10.6. The molecule has 0 saturated carbocycles. The molecular formula is C16H20N2O3S. The van der Waals surface area contributed by atoms with Gasteiger partial charge in [0.2, 0.25) is 0 Å². The molecule has 0 aliphatic carbocycles. The summed E-state index contributed by atoms with van der Waals surface area (Å²) in [5.41, 5.74) is 8.70. The lowest BCUT2D eigenvalue weighted by Gasteiger charge is -2.24. The van der Waals surface area contributed by atoms with Gasteiger partial charge in [0.1, 0.15) is 9.71 Å². The van der Waals surface area contributed by atoms with Crippen LogP contribution in [0.15, 0.2) is 6.07 Å². The van der Waals surface area contributed by atoms with Crippen LogP contribution in [-0.2, 0) is 22.5 Å². The monoisotopic (exact) mass is 320 g/mol. The molecule has 2 aromatic rings. The number of anilines is 1. The van der Waals surface area contributed by atoms with Crippen molar-refractivity contribution in [2.45, 2.75) is 45.8 Å². The number of fused-ring (bicyclic) bond motifs is 2. The number of ether oxygens (including phenoxy) is 2. The van der Waals surface area contributed by atoms with Crippen molar-refractivity contribution in [3.8, 4) is 0 Å². The zero-order chi connectivity index (χ0) is 15.7. The number of pyridine rings is 1. The second kappa shape index (κ2) is 6.22. The van der Waals surface area contributed by atoms with Crippen LogP contribution in [0.25, 0.3) is 10.2 Å². The van der Waals surface area contributed by atoms with Crippen LogP contribution in [0.3, 0.4) is 0 Å². The van der Waals surface area contributed by atoms with E-state index in [1.807, 2.05) is 6.07 Å². The highest BCUT2D eigenvalue weighted by molar-refractivity contribution is 7.21. The van der Waals surface area contributed by atoms with Gasteiger partial charge in [0, 0.05) is 17.4 Å². The summed E-state index contributed by atoms with van der Waals surface area (Å²) in [7, 11) is 0. The number of nitrogen functional groups attached to an aromatic ring is 1. The molecule has 0 amide bonds. The van der Waals surface area contributed by atoms with Crippen LogP contribution in [0.1, 0.15) is 47.6 Å². The van der Waals surface area contributed by atoms with Gasteiger partial charge in [-0.2, -0.15) is 0 Å². The lowest BCUT2D eigenvalue weighted by atomic mass is 10.0. The van der Waals surface area contributed by atoms with E-state index < -0.39 is 0 Å². The van der Waals surface area contributed by atoms with Crippen molar-refractivity contribution in [2.24, 2.45) is 0 Å². The van der Waals surface area contributed by atoms with Gasteiger partial charge in [0.15, 0.2) is 0 Å². The molecule has 22 heavy (non-hydrogen) atoms. The van der Waals surface area contributed by atoms with E-state index in [9.17, 15) is 4.79 Å². The smallest absolute Gasteiger partial charge is 0.350 e. The number of esters is 1. The van der Waals surface area contributed by atoms with Crippen molar-refractivity contribution in [2.75, 3.05) is 12.3 Å². The predicted molar refractivity (Wildman–Crippen MR) is 87.2 cm³/mol. The van der Waals surface area contributed by atoms with E-state index in [1.165, 1.54) is 11.3 Å². The lowest BCUT2D eigenvalue weighted by Crippen LogP contribution is -2.23. The summed E-state index contributed by atoms with van der Waals surface area (Å²) in [5, 5.41) is 0.823. The third-order valence-electron chi connectivity index (χ3n) is 3.86. The molecule has 0 radical (unpaired) electrons. The third kappa shape index (κ3) is 2.68. The van der Waals surface area contributed by atoms with Crippen molar-refractivity contribution in [3.05, 3.63) is 22.2 Å². The Hall–Kier alpha value is -1.66. The van der Waals surface area contributed by atoms with Gasteiger partial charge < -0.3 is 15.2 Å². The SMILES string of the molecule is CCC[C@@H]1Cc2nc3sc(C(=O)OCC)c(N)c3cc2CO1. The van der Waals surface area contributed by atoms with Gasteiger partial charge in [-0.25, -0.2) is 9.78 Å². The Kier molecular flexibility index (Phi) is 4.31. The van der Waals surface area contributed by atoms with Gasteiger partial charge in [-0.1, -0.05) is 13.3 Å². The Morgan fingerprint density at radius 3 is 3.09 bits per heavy atom. The molecule has 118 valence electrons. The summed E-state index contributed by atoms with van der Waals surface area (Å²) in [6.07, 6.45) is 3.21. The first-order valence-electron chi connectivity index (χ1n) is 7.63. The van der Waals surface area contributed by atoms with Gasteiger partial charge in [-0.3, -0.25) is 0 Å². The highest BCUT2D eigenvalue weighted by Gasteiger charge is 2.24. The molecule has 1 aliphatic rings. The largest absolute Gasteiger partial charge is 0.462 e. The van der Waals surface area contributed by atoms with Crippen molar-refractivity contribution in [1.82, 2.24) is 4.98 Å². The number of carbonyl (C=O) groups is 1. The summed E-state index contributed by atoms with van der Waals surface area (Å²) < 4.78 is 10.9. The van der Waals surface area contributed by atoms with Gasteiger partial charge in [0.05, 0.1) is 30.7 Å². The Labute approximate surface area is 133 Å². The predicted octanol–water partition coefficient (Wildman–Crippen LogP) is 3.30. The van der Waals surface area contributed by atoms with Crippen LogP contribution in [0.5, 0.6) is 0 Å². The summed E-state index contributed by atoms with van der Waals surface area (Å²) in [4.78, 5) is 17.9. The number of thiophene rings is 1. The molecule has 1 atom stereocenters. The lowest BCUT2D eigenvalue weighted by molar-refractivity contribution is 0.0217. The van der Waals surface area contributed by atoms with E-state index in [0.29, 0.717) is 23.8 Å². The Bertz CT molecular complexity index is 711. The van der Waals surface area contributed by atoms with E-state index in [-0.39, 0.29) is 12.1 Å². The van der Waals surface area contributed by atoms with Crippen LogP contribution >= 0.6 is 11.3 Å². The van der Waals surface area contributed by atoms with Crippen LogP contribution in [0, 0.1) is 0 Å². The maximum absolute atomic E-state index is 11.9. The minimum absolute atomic E-state index is 0.240. The van der Waals surface area contributed by atoms with E-state index in [1.54, 1.807) is 6.92 Å². The fourth-order valence-electron chi connectivity index (χ4n) is 2.76. The highest BCUT2D eigenvalue weighted by Crippen LogP contribution is 2.35. The van der Waals surface area contributed by atoms with Crippen molar-refractivity contribution in [1.29, 1.82) is 0 Å². The topological polar surface area (TPSA) is 74.4 Å². The number of nitrogens with two attached hydrogens (primary N) is 1. The molecule has 2 aromatic heterocycles. The number of hydrogen-bond donors (Lipinski definition) is 1. The van der Waals surface area contributed by atoms with Crippen LogP contribution in [0.4, 0.5) is 5.69 Å². The number of rotatable bonds is 4. The molecule has 3 rings (SSSR count). The molecule has 0 saturated heterocycles. The second-order valence-corrected chi connectivity index (χ2v) is 6.44. The molecule has 1 aliphatic heterocycles. The molecular weight excluding hydrogens is 300 g/mol. The Morgan fingerprint density at radius 2 is 2.36 bits per heavy atom. The molecule has 5 nitrogen and oxygen atoms in total. The van der Waals surface area contributed by atoms with E-state index >= 15 is 0 Å². The molecule has 2 N–H and O–H groups in total. The van der Waals surface area contributed by atoms with E-state index in [4.69, 9.17) is 20.2 Å². The summed E-state index contributed by atoms with van der Waals surface area (Å²) in [5.74, 6) is -0.374. The maximum atomic E-state index is 11.9. The highest BCUT2D eigenvalue weighted by atomic mass is 32.1. The van der Waals surface area contributed by atoms with Gasteiger partial charge in [-0.05, 0) is 19.4 Å². The quantitative estimate of drug-likeness (QED) is 0.875. The molecule has 0 spiro atoms. The number of carbonyl (C=O) groups excluding carboxylic acids is 1. The fourth-order valence-corrected chi connectivity index (χ4v) is 3.75. The number of aromatic nitrogens is 1. The first-order valence-corrected chi connectivity index (χ1v) is 8.45. The van der Waals surface area contributed by atoms with Gasteiger partial charge in [-0.15, -0.1) is 11.3 Å². The summed E-state index contributed by atoms with van der Waals surface area (Å²) in [6.45, 7) is 4.83. The minimum atomic E-state index is -0.374. The maximum Gasteiger partial charge on any atom is 0.350 e. The summed E-state index contributed by atoms with van der Waals surface area (Å²) >= 11 is 1.31. The molecule has 0 aromatic carbocycles. The second-order valence-electron chi connectivity index (χ2n) is 5.44. The van der Waals surface area contributed by atoms with Crippen molar-refractivity contribution in [3.63, 3.8) is 0 Å². The van der Waals surface area contributed by atoms with Crippen LogP contribution in [-0.4, -0.2) is 23.7 Å². The number of nitrogens with zero attached hydrogens (tertiary/aromatic N) is 1. The Morgan fingerprint density at radius 1 is 1.55 bits per heavy atom. The van der Waals surface area contributed by atoms with Gasteiger partial charge >= 0.3 is 5.97 Å². The Balaban J connectivity index is 1.99. The normalized spacial score (nSPS) is 17.5. The van der Waals surface area contributed by atoms with Crippen LogP contribution in [0.2, 0.25) is 0 Å². The molecule has 0 unspecified atom stereocenters. The third-order valence-corrected chi connectivity index (χ3v) is 4.95. The van der Waals surface area contributed by atoms with Crippen LogP contribution < -0.4 is 5.73 Å². The first kappa shape index (κ1) is 15.2. The molecule has 0 fully saturated rings. The van der Waals surface area contributed by atoms with E-state index in [2.05, 4.69) is 6.92 Å². The molecule has 6 heteroatoms. The van der Waals surface area contributed by atoms with Gasteiger partial charge in [0.25, 0.3) is 0 Å². The van der Waals surface area contributed by atoms with E-state index in [0.717, 1.165) is 40.7 Å². The average molecular weight is 320 g/mol. The summed E-state index contributed by atoms with van der Waals surface area (Å²) in [6, 6.07) is 2.01. The average Bonchev–Trinajstić information content (AvgIpc) is 2.82. The zero-order valence-corrected chi connectivity index (χ0v) is 13.7. The molecule has 3 heterocycles. The zero-order valence-electron chi connectivity index (χ0n) is 12.8. The standard InChI is InChI=1S/C16H20N2O3S/c1-3-5-10-7-12-9(8-21-10)6-11-13(17)14(16(19)20-4-2)22-15(11)18-12/h6,10H,3-5,7-8,17H2,1-2H3/t10-/m1/s1. The number of hydrogen-bond acceptors (Lipinski definition) is 6. The minimum Gasteiger partial charge on any atom is -0.462 e. The van der Waals surface area contributed by atoms with Crippen molar-refractivity contribution < 1.29 is 14.3 Å². The fraction of sp³-hybridized carbons (Fsp3) is 0.500.